The van der Waals surface area contributed by atoms with Crippen LogP contribution in [0.15, 0.2) is 5.38 Å². The van der Waals surface area contributed by atoms with E-state index in [4.69, 9.17) is 9.47 Å². The second-order valence-corrected chi connectivity index (χ2v) is 4.83. The minimum Gasteiger partial charge on any atom is -0.464 e. The van der Waals surface area contributed by atoms with Gasteiger partial charge < -0.3 is 19.1 Å². The van der Waals surface area contributed by atoms with Crippen molar-refractivity contribution in [3.05, 3.63) is 11.1 Å². The first-order valence-electron chi connectivity index (χ1n) is 5.92. The Kier molecular flexibility index (Phi) is 6.75. The molecule has 0 radical (unpaired) electrons. The van der Waals surface area contributed by atoms with Gasteiger partial charge in [0.05, 0.1) is 26.4 Å². The molecule has 7 heteroatoms. The first-order valence-corrected chi connectivity index (χ1v) is 6.80. The molecule has 0 aliphatic heterocycles. The first kappa shape index (κ1) is 15.9. The molecule has 0 saturated carbocycles. The molecule has 1 heterocycles. The number of anilines is 1. The number of esters is 1. The van der Waals surface area contributed by atoms with E-state index in [1.54, 1.807) is 19.6 Å². The predicted octanol–water partition coefficient (Wildman–Crippen LogP) is 1.42. The molecule has 1 unspecified atom stereocenters. The van der Waals surface area contributed by atoms with Crippen LogP contribution in [0.3, 0.4) is 0 Å². The van der Waals surface area contributed by atoms with Gasteiger partial charge in [-0.25, -0.2) is 9.78 Å². The maximum Gasteiger partial charge on any atom is 0.357 e. The molecular weight excluding hydrogens is 268 g/mol. The van der Waals surface area contributed by atoms with Crippen molar-refractivity contribution in [2.24, 2.45) is 0 Å². The van der Waals surface area contributed by atoms with Crippen LogP contribution >= 0.6 is 11.3 Å². The monoisotopic (exact) mass is 288 g/mol. The molecule has 0 spiro atoms. The molecule has 1 aromatic rings. The van der Waals surface area contributed by atoms with Crippen molar-refractivity contribution in [1.29, 1.82) is 0 Å². The molecule has 0 N–H and O–H groups in total. The summed E-state index contributed by atoms with van der Waals surface area (Å²) in [6.07, 6.45) is 0. The smallest absolute Gasteiger partial charge is 0.357 e. The quantitative estimate of drug-likeness (QED) is 0.674. The van der Waals surface area contributed by atoms with Gasteiger partial charge in [0.1, 0.15) is 0 Å². The molecule has 1 aromatic heterocycles. The highest BCUT2D eigenvalue weighted by Gasteiger charge is 2.19. The lowest BCUT2D eigenvalue weighted by Gasteiger charge is -2.28. The molecule has 1 rings (SSSR count). The number of thiazole rings is 1. The van der Waals surface area contributed by atoms with E-state index in [1.165, 1.54) is 18.4 Å². The molecule has 0 amide bonds. The third kappa shape index (κ3) is 4.45. The summed E-state index contributed by atoms with van der Waals surface area (Å²) in [6, 6.07) is 0.150. The van der Waals surface area contributed by atoms with E-state index in [0.717, 1.165) is 5.13 Å². The zero-order valence-electron chi connectivity index (χ0n) is 11.7. The van der Waals surface area contributed by atoms with Crippen molar-refractivity contribution in [1.82, 2.24) is 4.98 Å². The molecule has 19 heavy (non-hydrogen) atoms. The highest BCUT2D eigenvalue weighted by molar-refractivity contribution is 7.13. The van der Waals surface area contributed by atoms with Gasteiger partial charge in [0, 0.05) is 26.1 Å². The van der Waals surface area contributed by atoms with Gasteiger partial charge >= 0.3 is 5.97 Å². The summed E-state index contributed by atoms with van der Waals surface area (Å²) in [5.74, 6) is -0.423. The van der Waals surface area contributed by atoms with Crippen molar-refractivity contribution >= 4 is 22.4 Å². The third-order valence-electron chi connectivity index (χ3n) is 2.61. The molecular formula is C12H20N2O4S. The Morgan fingerprint density at radius 1 is 1.42 bits per heavy atom. The van der Waals surface area contributed by atoms with Gasteiger partial charge in [0.15, 0.2) is 10.8 Å². The Hall–Kier alpha value is -1.18. The fourth-order valence-electron chi connectivity index (χ4n) is 1.62. The lowest BCUT2D eigenvalue weighted by atomic mass is 10.3. The van der Waals surface area contributed by atoms with Gasteiger partial charge in [-0.15, -0.1) is 11.3 Å². The number of carbonyl (C=O) groups is 1. The summed E-state index contributed by atoms with van der Waals surface area (Å²) in [5.41, 5.74) is 0.328. The second-order valence-electron chi connectivity index (χ2n) is 4.00. The number of rotatable bonds is 8. The van der Waals surface area contributed by atoms with Crippen LogP contribution in [0.2, 0.25) is 0 Å². The van der Waals surface area contributed by atoms with E-state index < -0.39 is 5.97 Å². The number of hydrogen-bond donors (Lipinski definition) is 0. The van der Waals surface area contributed by atoms with Gasteiger partial charge in [-0.3, -0.25) is 0 Å². The number of carbonyl (C=O) groups excluding carboxylic acids is 1. The Morgan fingerprint density at radius 3 is 2.74 bits per heavy atom. The number of hydrogen-bond acceptors (Lipinski definition) is 7. The third-order valence-corrected chi connectivity index (χ3v) is 3.49. The van der Waals surface area contributed by atoms with Crippen LogP contribution in [0, 0.1) is 0 Å². The average molecular weight is 288 g/mol. The van der Waals surface area contributed by atoms with E-state index in [2.05, 4.69) is 14.6 Å². The lowest BCUT2D eigenvalue weighted by Crippen LogP contribution is -2.38. The highest BCUT2D eigenvalue weighted by atomic mass is 32.1. The molecule has 0 bridgehead atoms. The number of methoxy groups -OCH3 is 3. The van der Waals surface area contributed by atoms with Crippen LogP contribution in [0.4, 0.5) is 5.13 Å². The van der Waals surface area contributed by atoms with Gasteiger partial charge in [-0.05, 0) is 6.92 Å². The maximum absolute atomic E-state index is 11.4. The van der Waals surface area contributed by atoms with Gasteiger partial charge in [0.25, 0.3) is 0 Å². The van der Waals surface area contributed by atoms with Crippen molar-refractivity contribution in [2.75, 3.05) is 46.0 Å². The zero-order valence-corrected chi connectivity index (χ0v) is 12.5. The molecule has 0 aliphatic rings. The molecule has 108 valence electrons. The molecule has 0 aromatic carbocycles. The Balaban J connectivity index is 2.84. The Morgan fingerprint density at radius 2 is 2.16 bits per heavy atom. The summed E-state index contributed by atoms with van der Waals surface area (Å²) >= 11 is 1.41. The minimum absolute atomic E-state index is 0.150. The van der Waals surface area contributed by atoms with E-state index >= 15 is 0 Å². The summed E-state index contributed by atoms with van der Waals surface area (Å²) < 4.78 is 14.9. The number of nitrogens with zero attached hydrogens (tertiary/aromatic N) is 2. The van der Waals surface area contributed by atoms with Crippen LogP contribution in [0.5, 0.6) is 0 Å². The first-order chi connectivity index (χ1) is 9.13. The Bertz CT molecular complexity index is 397. The van der Waals surface area contributed by atoms with Gasteiger partial charge in [-0.1, -0.05) is 0 Å². The number of aromatic nitrogens is 1. The minimum atomic E-state index is -0.423. The molecule has 0 fully saturated rings. The molecule has 6 nitrogen and oxygen atoms in total. The summed E-state index contributed by atoms with van der Waals surface area (Å²) in [6.45, 7) is 3.89. The van der Waals surface area contributed by atoms with E-state index in [1.807, 2.05) is 6.92 Å². The standard InChI is InChI=1S/C12H20N2O4S/c1-9(7-17-3)14(5-6-16-2)12-13-10(8-19-12)11(15)18-4/h8-9H,5-7H2,1-4H3. The van der Waals surface area contributed by atoms with Crippen molar-refractivity contribution in [3.63, 3.8) is 0 Å². The number of ether oxygens (including phenoxy) is 3. The summed E-state index contributed by atoms with van der Waals surface area (Å²) in [7, 11) is 4.66. The van der Waals surface area contributed by atoms with E-state index in [9.17, 15) is 4.79 Å². The van der Waals surface area contributed by atoms with Crippen LogP contribution < -0.4 is 4.90 Å². The van der Waals surface area contributed by atoms with Crippen molar-refractivity contribution < 1.29 is 19.0 Å². The highest BCUT2D eigenvalue weighted by Crippen LogP contribution is 2.23. The fraction of sp³-hybridized carbons (Fsp3) is 0.667. The average Bonchev–Trinajstić information content (AvgIpc) is 2.88. The molecule has 0 aliphatic carbocycles. The van der Waals surface area contributed by atoms with Crippen molar-refractivity contribution in [2.45, 2.75) is 13.0 Å². The molecule has 1 atom stereocenters. The van der Waals surface area contributed by atoms with Gasteiger partial charge in [-0.2, -0.15) is 0 Å². The van der Waals surface area contributed by atoms with Crippen LogP contribution in [-0.2, 0) is 14.2 Å². The van der Waals surface area contributed by atoms with E-state index in [0.29, 0.717) is 25.5 Å². The van der Waals surface area contributed by atoms with Gasteiger partial charge in [0.2, 0.25) is 0 Å². The van der Waals surface area contributed by atoms with Crippen LogP contribution in [0.1, 0.15) is 17.4 Å². The fourth-order valence-corrected chi connectivity index (χ4v) is 2.54. The molecule has 0 saturated heterocycles. The maximum atomic E-state index is 11.4. The zero-order chi connectivity index (χ0) is 14.3. The Labute approximate surface area is 117 Å². The SMILES string of the molecule is COCCN(c1nc(C(=O)OC)cs1)C(C)COC. The summed E-state index contributed by atoms with van der Waals surface area (Å²) in [4.78, 5) is 17.8. The lowest BCUT2D eigenvalue weighted by molar-refractivity contribution is 0.0595. The predicted molar refractivity (Wildman–Crippen MR) is 74.0 cm³/mol. The normalized spacial score (nSPS) is 12.2. The van der Waals surface area contributed by atoms with Crippen LogP contribution in [-0.4, -0.2) is 58.1 Å². The van der Waals surface area contributed by atoms with Crippen molar-refractivity contribution in [3.8, 4) is 0 Å². The van der Waals surface area contributed by atoms with E-state index in [-0.39, 0.29) is 6.04 Å². The summed E-state index contributed by atoms with van der Waals surface area (Å²) in [5, 5.41) is 2.46. The largest absolute Gasteiger partial charge is 0.464 e. The topological polar surface area (TPSA) is 60.9 Å². The van der Waals surface area contributed by atoms with Crippen LogP contribution in [0.25, 0.3) is 0 Å². The second kappa shape index (κ2) is 8.08.